The molecular weight excluding hydrogens is 255 g/mol. The van der Waals surface area contributed by atoms with Crippen molar-refractivity contribution in [1.82, 2.24) is 9.55 Å². The number of fused-ring (bicyclic) bond motifs is 1. The van der Waals surface area contributed by atoms with E-state index in [-0.39, 0.29) is 11.2 Å². The summed E-state index contributed by atoms with van der Waals surface area (Å²) in [5.74, 6) is 0.125. The molecule has 0 N–H and O–H groups in total. The minimum atomic E-state index is -0.429. The highest BCUT2D eigenvalue weighted by Crippen LogP contribution is 2.15. The van der Waals surface area contributed by atoms with Crippen LogP contribution in [0.5, 0.6) is 0 Å². The Kier molecular flexibility index (Phi) is 3.06. The normalized spacial score (nSPS) is 10.9. The summed E-state index contributed by atoms with van der Waals surface area (Å²) >= 11 is 0. The highest BCUT2D eigenvalue weighted by molar-refractivity contribution is 5.77. The van der Waals surface area contributed by atoms with Crippen LogP contribution < -0.4 is 5.56 Å². The maximum Gasteiger partial charge on any atom is 0.266 e. The molecule has 0 bridgehead atoms. The molecule has 0 saturated heterocycles. The Labute approximate surface area is 115 Å². The number of halogens is 1. The fourth-order valence-corrected chi connectivity index (χ4v) is 2.30. The summed E-state index contributed by atoms with van der Waals surface area (Å²) in [5, 5.41) is 0.493. The molecule has 0 radical (unpaired) electrons. The lowest BCUT2D eigenvalue weighted by atomic mass is 10.2. The summed E-state index contributed by atoms with van der Waals surface area (Å²) in [6.07, 6.45) is 0.550. The van der Waals surface area contributed by atoms with Gasteiger partial charge in [0.25, 0.3) is 5.56 Å². The van der Waals surface area contributed by atoms with Crippen molar-refractivity contribution in [2.45, 2.75) is 13.3 Å². The zero-order valence-corrected chi connectivity index (χ0v) is 11.0. The molecule has 0 saturated carbocycles. The van der Waals surface area contributed by atoms with Crippen LogP contribution >= 0.6 is 0 Å². The van der Waals surface area contributed by atoms with Gasteiger partial charge in [0.05, 0.1) is 16.6 Å². The van der Waals surface area contributed by atoms with Crippen LogP contribution in [0.4, 0.5) is 4.39 Å². The van der Waals surface area contributed by atoms with Crippen LogP contribution in [0.1, 0.15) is 12.7 Å². The number of para-hydroxylation sites is 2. The number of aryl methyl sites for hydroxylation is 1. The van der Waals surface area contributed by atoms with Crippen molar-refractivity contribution in [2.24, 2.45) is 0 Å². The van der Waals surface area contributed by atoms with Gasteiger partial charge in [-0.3, -0.25) is 9.36 Å². The lowest BCUT2D eigenvalue weighted by Crippen LogP contribution is -2.24. The smallest absolute Gasteiger partial charge is 0.266 e. The van der Waals surface area contributed by atoms with Gasteiger partial charge < -0.3 is 0 Å². The zero-order chi connectivity index (χ0) is 14.1. The first kappa shape index (κ1) is 12.5. The Hall–Kier alpha value is -2.49. The lowest BCUT2D eigenvalue weighted by molar-refractivity contribution is 0.611. The number of hydrogen-bond acceptors (Lipinski definition) is 2. The number of rotatable bonds is 2. The average Bonchev–Trinajstić information content (AvgIpc) is 2.48. The molecule has 0 fully saturated rings. The summed E-state index contributed by atoms with van der Waals surface area (Å²) < 4.78 is 15.3. The maximum atomic E-state index is 14.0. The maximum absolute atomic E-state index is 14.0. The Morgan fingerprint density at radius 2 is 1.80 bits per heavy atom. The van der Waals surface area contributed by atoms with E-state index in [2.05, 4.69) is 4.98 Å². The minimum absolute atomic E-state index is 0.238. The van der Waals surface area contributed by atoms with Gasteiger partial charge >= 0.3 is 0 Å². The van der Waals surface area contributed by atoms with Crippen LogP contribution in [0, 0.1) is 5.82 Å². The monoisotopic (exact) mass is 268 g/mol. The minimum Gasteiger partial charge on any atom is -0.268 e. The van der Waals surface area contributed by atoms with Crippen molar-refractivity contribution in [2.75, 3.05) is 0 Å². The Morgan fingerprint density at radius 1 is 1.10 bits per heavy atom. The first-order chi connectivity index (χ1) is 9.72. The first-order valence-electron chi connectivity index (χ1n) is 6.48. The predicted molar refractivity (Wildman–Crippen MR) is 76.7 cm³/mol. The highest BCUT2D eigenvalue weighted by Gasteiger charge is 2.13. The molecule has 0 aliphatic rings. The molecular formula is C16H13FN2O. The van der Waals surface area contributed by atoms with Gasteiger partial charge in [-0.15, -0.1) is 0 Å². The molecule has 3 rings (SSSR count). The van der Waals surface area contributed by atoms with Crippen molar-refractivity contribution in [3.05, 3.63) is 70.5 Å². The molecule has 0 amide bonds. The SMILES string of the molecule is CCc1nc2ccccc2c(=O)n1-c1ccccc1F. The fourth-order valence-electron chi connectivity index (χ4n) is 2.30. The van der Waals surface area contributed by atoms with Crippen LogP contribution in [0.3, 0.4) is 0 Å². The Morgan fingerprint density at radius 3 is 2.55 bits per heavy atom. The van der Waals surface area contributed by atoms with E-state index in [1.165, 1.54) is 10.6 Å². The van der Waals surface area contributed by atoms with E-state index in [0.29, 0.717) is 23.1 Å². The van der Waals surface area contributed by atoms with Gasteiger partial charge in [-0.05, 0) is 24.3 Å². The zero-order valence-electron chi connectivity index (χ0n) is 11.0. The Bertz CT molecular complexity index is 839. The van der Waals surface area contributed by atoms with Crippen molar-refractivity contribution in [3.63, 3.8) is 0 Å². The molecule has 0 unspecified atom stereocenters. The van der Waals surface area contributed by atoms with Crippen LogP contribution in [-0.4, -0.2) is 9.55 Å². The standard InChI is InChI=1S/C16H13FN2O/c1-2-15-18-13-9-5-3-7-11(13)16(20)19(15)14-10-6-4-8-12(14)17/h3-10H,2H2,1H3. The molecule has 0 aliphatic heterocycles. The van der Waals surface area contributed by atoms with Gasteiger partial charge in [0.15, 0.2) is 0 Å². The molecule has 100 valence electrons. The molecule has 3 aromatic rings. The summed E-state index contributed by atoms with van der Waals surface area (Å²) in [7, 11) is 0. The van der Waals surface area contributed by atoms with Crippen molar-refractivity contribution < 1.29 is 4.39 Å². The highest BCUT2D eigenvalue weighted by atomic mass is 19.1. The average molecular weight is 268 g/mol. The first-order valence-corrected chi connectivity index (χ1v) is 6.48. The van der Waals surface area contributed by atoms with Gasteiger partial charge in [-0.2, -0.15) is 0 Å². The third-order valence-corrected chi connectivity index (χ3v) is 3.25. The third kappa shape index (κ3) is 1.90. The number of nitrogens with zero attached hydrogens (tertiary/aromatic N) is 2. The van der Waals surface area contributed by atoms with Gasteiger partial charge in [-0.1, -0.05) is 31.2 Å². The second kappa shape index (κ2) is 4.89. The molecule has 3 nitrogen and oxygen atoms in total. The van der Waals surface area contributed by atoms with Gasteiger partial charge in [0, 0.05) is 6.42 Å². The van der Waals surface area contributed by atoms with Gasteiger partial charge in [0.2, 0.25) is 0 Å². The van der Waals surface area contributed by atoms with E-state index in [0.717, 1.165) is 0 Å². The van der Waals surface area contributed by atoms with Crippen LogP contribution in [0.25, 0.3) is 16.6 Å². The van der Waals surface area contributed by atoms with Gasteiger partial charge in [0.1, 0.15) is 11.6 Å². The van der Waals surface area contributed by atoms with E-state index in [1.54, 1.807) is 36.4 Å². The fraction of sp³-hybridized carbons (Fsp3) is 0.125. The third-order valence-electron chi connectivity index (χ3n) is 3.25. The molecule has 2 aromatic carbocycles. The van der Waals surface area contributed by atoms with Crippen molar-refractivity contribution in [1.29, 1.82) is 0 Å². The summed E-state index contributed by atoms with van der Waals surface area (Å²) in [6.45, 7) is 1.90. The van der Waals surface area contributed by atoms with E-state index in [1.807, 2.05) is 13.0 Å². The van der Waals surface area contributed by atoms with E-state index >= 15 is 0 Å². The van der Waals surface area contributed by atoms with Crippen LogP contribution in [-0.2, 0) is 6.42 Å². The van der Waals surface area contributed by atoms with E-state index < -0.39 is 5.82 Å². The van der Waals surface area contributed by atoms with Crippen LogP contribution in [0.2, 0.25) is 0 Å². The van der Waals surface area contributed by atoms with Crippen LogP contribution in [0.15, 0.2) is 53.3 Å². The Balaban J connectivity index is 2.43. The molecule has 1 heterocycles. The summed E-state index contributed by atoms with van der Waals surface area (Å²) in [5.41, 5.74) is 0.645. The van der Waals surface area contributed by atoms with Crippen molar-refractivity contribution in [3.8, 4) is 5.69 Å². The van der Waals surface area contributed by atoms with Crippen molar-refractivity contribution >= 4 is 10.9 Å². The number of benzene rings is 2. The molecule has 1 aromatic heterocycles. The number of aromatic nitrogens is 2. The topological polar surface area (TPSA) is 34.9 Å². The van der Waals surface area contributed by atoms with Gasteiger partial charge in [-0.25, -0.2) is 9.37 Å². The number of hydrogen-bond donors (Lipinski definition) is 0. The summed E-state index contributed by atoms with van der Waals surface area (Å²) in [6, 6.07) is 13.4. The predicted octanol–water partition coefficient (Wildman–Crippen LogP) is 3.09. The second-order valence-electron chi connectivity index (χ2n) is 4.49. The largest absolute Gasteiger partial charge is 0.268 e. The molecule has 0 atom stereocenters. The van der Waals surface area contributed by atoms with E-state index in [4.69, 9.17) is 0 Å². The molecule has 4 heteroatoms. The summed E-state index contributed by atoms with van der Waals surface area (Å²) in [4.78, 5) is 17.1. The lowest BCUT2D eigenvalue weighted by Gasteiger charge is -2.12. The molecule has 20 heavy (non-hydrogen) atoms. The molecule has 0 aliphatic carbocycles. The molecule has 0 spiro atoms. The second-order valence-corrected chi connectivity index (χ2v) is 4.49. The van der Waals surface area contributed by atoms with E-state index in [9.17, 15) is 9.18 Å². The quantitative estimate of drug-likeness (QED) is 0.716.